The summed E-state index contributed by atoms with van der Waals surface area (Å²) in [6.45, 7) is 0. The molecule has 0 aliphatic rings. The fourth-order valence-corrected chi connectivity index (χ4v) is 1.97. The van der Waals surface area contributed by atoms with E-state index in [4.69, 9.17) is 5.26 Å². The zero-order valence-corrected chi connectivity index (χ0v) is 11.1. The summed E-state index contributed by atoms with van der Waals surface area (Å²) in [6.07, 6.45) is -4.89. The predicted octanol–water partition coefficient (Wildman–Crippen LogP) is 3.14. The summed E-state index contributed by atoms with van der Waals surface area (Å²) < 4.78 is 45.0. The highest BCUT2D eigenvalue weighted by Gasteiger charge is 2.33. The van der Waals surface area contributed by atoms with Crippen molar-refractivity contribution in [2.75, 3.05) is 7.11 Å². The average Bonchev–Trinajstić information content (AvgIpc) is 2.35. The van der Waals surface area contributed by atoms with Crippen LogP contribution in [0.4, 0.5) is 13.2 Å². The van der Waals surface area contributed by atoms with E-state index < -0.39 is 18.1 Å². The third-order valence-electron chi connectivity index (χ3n) is 2.14. The quantitative estimate of drug-likeness (QED) is 0.628. The van der Waals surface area contributed by atoms with Crippen LogP contribution in [0.25, 0.3) is 0 Å². The molecule has 0 saturated carbocycles. The van der Waals surface area contributed by atoms with Crippen molar-refractivity contribution in [2.24, 2.45) is 0 Å². The predicted molar refractivity (Wildman–Crippen MR) is 61.8 cm³/mol. The summed E-state index contributed by atoms with van der Waals surface area (Å²) in [5.74, 6) is -1.46. The Morgan fingerprint density at radius 1 is 1.47 bits per heavy atom. The number of ether oxygens (including phenoxy) is 2. The lowest BCUT2D eigenvalue weighted by atomic mass is 10.0. The third-order valence-corrected chi connectivity index (χ3v) is 2.70. The van der Waals surface area contributed by atoms with Crippen LogP contribution >= 0.6 is 15.9 Å². The van der Waals surface area contributed by atoms with Crippen molar-refractivity contribution in [1.82, 2.24) is 0 Å². The monoisotopic (exact) mass is 337 g/mol. The van der Waals surface area contributed by atoms with Crippen molar-refractivity contribution in [3.8, 4) is 11.8 Å². The zero-order chi connectivity index (χ0) is 14.6. The number of carbonyl (C=O) groups is 1. The Bertz CT molecular complexity index is 537. The minimum absolute atomic E-state index is 0.0872. The Balaban J connectivity index is 3.45. The molecule has 8 heteroatoms. The molecule has 0 spiro atoms. The van der Waals surface area contributed by atoms with E-state index in [1.54, 1.807) is 6.07 Å². The molecule has 0 saturated heterocycles. The Morgan fingerprint density at radius 3 is 2.53 bits per heavy atom. The first-order valence-corrected chi connectivity index (χ1v) is 5.92. The zero-order valence-electron chi connectivity index (χ0n) is 9.55. The third kappa shape index (κ3) is 3.61. The van der Waals surface area contributed by atoms with Gasteiger partial charge in [-0.15, -0.1) is 13.2 Å². The first kappa shape index (κ1) is 15.3. The molecule has 0 aliphatic carbocycles. The van der Waals surface area contributed by atoms with Gasteiger partial charge < -0.3 is 9.47 Å². The molecule has 0 atom stereocenters. The molecule has 0 N–H and O–H groups in total. The van der Waals surface area contributed by atoms with E-state index in [0.29, 0.717) is 0 Å². The molecule has 0 radical (unpaired) electrons. The van der Waals surface area contributed by atoms with Crippen LogP contribution in [-0.2, 0) is 10.1 Å². The van der Waals surface area contributed by atoms with Crippen LogP contribution in [0.15, 0.2) is 12.1 Å². The maximum atomic E-state index is 12.2. The molecule has 19 heavy (non-hydrogen) atoms. The first-order chi connectivity index (χ1) is 8.84. The number of benzene rings is 1. The molecular formula is C11H7BrF3NO3. The molecule has 0 heterocycles. The molecule has 1 aromatic carbocycles. The number of rotatable bonds is 3. The van der Waals surface area contributed by atoms with E-state index in [2.05, 4.69) is 25.4 Å². The molecule has 0 fully saturated rings. The number of alkyl halides is 4. The highest BCUT2D eigenvalue weighted by atomic mass is 79.9. The van der Waals surface area contributed by atoms with E-state index in [-0.39, 0.29) is 22.0 Å². The number of carbonyl (C=O) groups excluding carboxylic acids is 1. The molecule has 0 bridgehead atoms. The lowest BCUT2D eigenvalue weighted by Crippen LogP contribution is -2.19. The van der Waals surface area contributed by atoms with Gasteiger partial charge >= 0.3 is 12.3 Å². The first-order valence-electron chi connectivity index (χ1n) is 4.80. The van der Waals surface area contributed by atoms with Crippen LogP contribution in [-0.4, -0.2) is 19.4 Å². The second-order valence-corrected chi connectivity index (χ2v) is 3.81. The van der Waals surface area contributed by atoms with E-state index in [0.717, 1.165) is 19.2 Å². The molecule has 0 aliphatic heterocycles. The SMILES string of the molecule is COC(=O)c1c(C#N)ccc(OC(F)(F)F)c1CBr. The van der Waals surface area contributed by atoms with Crippen LogP contribution < -0.4 is 4.74 Å². The topological polar surface area (TPSA) is 59.3 Å². The summed E-state index contributed by atoms with van der Waals surface area (Å²) in [7, 11) is 1.07. The highest BCUT2D eigenvalue weighted by Crippen LogP contribution is 2.32. The van der Waals surface area contributed by atoms with Crippen LogP contribution in [0.5, 0.6) is 5.75 Å². The largest absolute Gasteiger partial charge is 0.573 e. The number of esters is 1. The van der Waals surface area contributed by atoms with E-state index in [1.807, 2.05) is 0 Å². The Kier molecular flexibility index (Phi) is 4.78. The van der Waals surface area contributed by atoms with Gasteiger partial charge in [-0.05, 0) is 12.1 Å². The summed E-state index contributed by atoms with van der Waals surface area (Å²) in [6, 6.07) is 3.77. The number of methoxy groups -OCH3 is 1. The lowest BCUT2D eigenvalue weighted by Gasteiger charge is -2.15. The summed E-state index contributed by atoms with van der Waals surface area (Å²) in [5.41, 5.74) is -0.428. The molecule has 1 rings (SSSR count). The van der Waals surface area contributed by atoms with Gasteiger partial charge in [-0.1, -0.05) is 15.9 Å². The van der Waals surface area contributed by atoms with Crippen LogP contribution in [0.3, 0.4) is 0 Å². The van der Waals surface area contributed by atoms with Crippen molar-refractivity contribution < 1.29 is 27.4 Å². The fourth-order valence-electron chi connectivity index (χ4n) is 1.41. The van der Waals surface area contributed by atoms with Crippen molar-refractivity contribution in [3.05, 3.63) is 28.8 Å². The Hall–Kier alpha value is -1.75. The molecular weight excluding hydrogens is 331 g/mol. The molecule has 102 valence electrons. The minimum atomic E-state index is -4.89. The molecule has 1 aromatic rings. The van der Waals surface area contributed by atoms with Crippen molar-refractivity contribution in [1.29, 1.82) is 5.26 Å². The average molecular weight is 338 g/mol. The smallest absolute Gasteiger partial charge is 0.465 e. The highest BCUT2D eigenvalue weighted by molar-refractivity contribution is 9.08. The Morgan fingerprint density at radius 2 is 2.11 bits per heavy atom. The number of hydrogen-bond donors (Lipinski definition) is 0. The van der Waals surface area contributed by atoms with Gasteiger partial charge in [0.05, 0.1) is 18.2 Å². The van der Waals surface area contributed by atoms with E-state index in [1.165, 1.54) is 0 Å². The summed E-state index contributed by atoms with van der Waals surface area (Å²) in [4.78, 5) is 11.6. The van der Waals surface area contributed by atoms with Gasteiger partial charge in [-0.2, -0.15) is 5.26 Å². The lowest BCUT2D eigenvalue weighted by molar-refractivity contribution is -0.274. The fraction of sp³-hybridized carbons (Fsp3) is 0.273. The van der Waals surface area contributed by atoms with E-state index in [9.17, 15) is 18.0 Å². The molecule has 0 unspecified atom stereocenters. The van der Waals surface area contributed by atoms with Gasteiger partial charge in [-0.3, -0.25) is 0 Å². The van der Waals surface area contributed by atoms with Gasteiger partial charge in [0.2, 0.25) is 0 Å². The van der Waals surface area contributed by atoms with Gasteiger partial charge in [0.25, 0.3) is 0 Å². The van der Waals surface area contributed by atoms with Crippen molar-refractivity contribution in [2.45, 2.75) is 11.7 Å². The maximum Gasteiger partial charge on any atom is 0.573 e. The number of nitriles is 1. The van der Waals surface area contributed by atoms with Crippen molar-refractivity contribution in [3.63, 3.8) is 0 Å². The summed E-state index contributed by atoms with van der Waals surface area (Å²) in [5, 5.41) is 8.77. The van der Waals surface area contributed by atoms with Crippen LogP contribution in [0.1, 0.15) is 21.5 Å². The standard InChI is InChI=1S/C11H7BrF3NO3/c1-18-10(17)9-6(5-16)2-3-8(7(9)4-12)19-11(13,14)15/h2-3H,4H2,1H3. The second kappa shape index (κ2) is 5.93. The van der Waals surface area contributed by atoms with Gasteiger partial charge in [0.1, 0.15) is 11.8 Å². The van der Waals surface area contributed by atoms with Crippen LogP contribution in [0.2, 0.25) is 0 Å². The van der Waals surface area contributed by atoms with Crippen molar-refractivity contribution >= 4 is 21.9 Å². The molecule has 0 aromatic heterocycles. The number of halogens is 4. The second-order valence-electron chi connectivity index (χ2n) is 3.25. The van der Waals surface area contributed by atoms with Gasteiger partial charge in [0.15, 0.2) is 0 Å². The number of hydrogen-bond acceptors (Lipinski definition) is 4. The van der Waals surface area contributed by atoms with Gasteiger partial charge in [0, 0.05) is 10.9 Å². The Labute approximate surface area is 114 Å². The van der Waals surface area contributed by atoms with Gasteiger partial charge in [-0.25, -0.2) is 4.79 Å². The summed E-state index contributed by atoms with van der Waals surface area (Å²) >= 11 is 2.96. The normalized spacial score (nSPS) is 10.7. The number of nitrogens with zero attached hydrogens (tertiary/aromatic N) is 1. The maximum absolute atomic E-state index is 12.2. The minimum Gasteiger partial charge on any atom is -0.465 e. The van der Waals surface area contributed by atoms with Crippen LogP contribution in [0, 0.1) is 11.3 Å². The molecule has 4 nitrogen and oxygen atoms in total. The van der Waals surface area contributed by atoms with E-state index >= 15 is 0 Å². The molecule has 0 amide bonds.